The number of piperazine rings is 1. The average molecular weight is 237 g/mol. The van der Waals surface area contributed by atoms with Crippen LogP contribution in [0.2, 0.25) is 0 Å². The van der Waals surface area contributed by atoms with Crippen molar-refractivity contribution in [1.82, 2.24) is 15.2 Å². The molecule has 0 spiro atoms. The zero-order chi connectivity index (χ0) is 12.1. The van der Waals surface area contributed by atoms with Crippen LogP contribution in [0.15, 0.2) is 18.3 Å². The highest BCUT2D eigenvalue weighted by atomic mass is 16.6. The van der Waals surface area contributed by atoms with E-state index < -0.39 is 0 Å². The number of aromatic nitrogens is 1. The Balaban J connectivity index is 2.01. The van der Waals surface area contributed by atoms with Crippen molar-refractivity contribution in [1.29, 1.82) is 0 Å². The molecule has 1 fully saturated rings. The van der Waals surface area contributed by atoms with Crippen LogP contribution in [0.5, 0.6) is 11.6 Å². The van der Waals surface area contributed by atoms with Crippen LogP contribution in [0.4, 0.5) is 4.79 Å². The van der Waals surface area contributed by atoms with E-state index in [2.05, 4.69) is 10.3 Å². The number of rotatable bonds is 2. The Morgan fingerprint density at radius 2 is 2.24 bits per heavy atom. The highest BCUT2D eigenvalue weighted by Crippen LogP contribution is 2.23. The van der Waals surface area contributed by atoms with Crippen molar-refractivity contribution in [3.05, 3.63) is 18.3 Å². The van der Waals surface area contributed by atoms with E-state index in [1.54, 1.807) is 23.2 Å². The predicted octanol–water partition coefficient (Wildman–Crippen LogP) is 0.494. The van der Waals surface area contributed by atoms with Gasteiger partial charge < -0.3 is 19.7 Å². The molecule has 2 heterocycles. The zero-order valence-corrected chi connectivity index (χ0v) is 9.68. The predicted molar refractivity (Wildman–Crippen MR) is 61.3 cm³/mol. The lowest BCUT2D eigenvalue weighted by atomic mass is 10.4. The van der Waals surface area contributed by atoms with Crippen LogP contribution < -0.4 is 14.8 Å². The molecule has 92 valence electrons. The van der Waals surface area contributed by atoms with Gasteiger partial charge in [0.1, 0.15) is 0 Å². The number of carbonyl (C=O) groups excluding carboxylic acids is 1. The fraction of sp³-hybridized carbons (Fsp3) is 0.455. The summed E-state index contributed by atoms with van der Waals surface area (Å²) in [4.78, 5) is 17.4. The lowest BCUT2D eigenvalue weighted by molar-refractivity contribution is 0.144. The first-order valence-corrected chi connectivity index (χ1v) is 5.48. The third-order valence-corrected chi connectivity index (χ3v) is 2.50. The van der Waals surface area contributed by atoms with Crippen molar-refractivity contribution < 1.29 is 14.3 Å². The van der Waals surface area contributed by atoms with Gasteiger partial charge in [-0.05, 0) is 12.1 Å². The minimum Gasteiger partial charge on any atom is -0.478 e. The van der Waals surface area contributed by atoms with E-state index in [1.165, 1.54) is 7.11 Å². The standard InChI is InChI=1S/C11H15N3O3/c1-16-10-9(3-2-4-13-10)17-11(15)14-7-5-12-6-8-14/h2-4,12H,5-8H2,1H3. The average Bonchev–Trinajstić information content (AvgIpc) is 2.40. The molecule has 6 heteroatoms. The summed E-state index contributed by atoms with van der Waals surface area (Å²) in [5.41, 5.74) is 0. The normalized spacial score (nSPS) is 15.5. The Bertz CT molecular complexity index is 391. The Labute approximate surface area is 99.5 Å². The fourth-order valence-corrected chi connectivity index (χ4v) is 1.61. The van der Waals surface area contributed by atoms with Crippen LogP contribution in [0.3, 0.4) is 0 Å². The summed E-state index contributed by atoms with van der Waals surface area (Å²) in [5.74, 6) is 0.662. The number of hydrogen-bond acceptors (Lipinski definition) is 5. The van der Waals surface area contributed by atoms with Gasteiger partial charge in [0.25, 0.3) is 5.88 Å². The molecule has 0 bridgehead atoms. The Kier molecular flexibility index (Phi) is 3.77. The SMILES string of the molecule is COc1ncccc1OC(=O)N1CCNCC1. The second kappa shape index (κ2) is 5.49. The van der Waals surface area contributed by atoms with Gasteiger partial charge in [-0.1, -0.05) is 0 Å². The zero-order valence-electron chi connectivity index (χ0n) is 9.68. The maximum atomic E-state index is 11.8. The molecule has 0 aromatic carbocycles. The first kappa shape index (κ1) is 11.7. The van der Waals surface area contributed by atoms with E-state index in [4.69, 9.17) is 9.47 Å². The molecule has 2 rings (SSSR count). The summed E-state index contributed by atoms with van der Waals surface area (Å²) in [5, 5.41) is 3.17. The minimum absolute atomic E-state index is 0.316. The topological polar surface area (TPSA) is 63.7 Å². The van der Waals surface area contributed by atoms with Gasteiger partial charge in [-0.3, -0.25) is 0 Å². The van der Waals surface area contributed by atoms with Gasteiger partial charge >= 0.3 is 6.09 Å². The molecule has 0 atom stereocenters. The lowest BCUT2D eigenvalue weighted by Crippen LogP contribution is -2.47. The monoisotopic (exact) mass is 237 g/mol. The van der Waals surface area contributed by atoms with Gasteiger partial charge in [0.15, 0.2) is 5.75 Å². The molecule has 0 aliphatic carbocycles. The molecular formula is C11H15N3O3. The van der Waals surface area contributed by atoms with Gasteiger partial charge in [0.2, 0.25) is 0 Å². The van der Waals surface area contributed by atoms with Crippen LogP contribution in [0, 0.1) is 0 Å². The first-order valence-electron chi connectivity index (χ1n) is 5.48. The number of methoxy groups -OCH3 is 1. The number of nitrogens with one attached hydrogen (secondary N) is 1. The molecule has 6 nitrogen and oxygen atoms in total. The van der Waals surface area contributed by atoms with Gasteiger partial charge in [-0.25, -0.2) is 9.78 Å². The smallest absolute Gasteiger partial charge is 0.415 e. The van der Waals surface area contributed by atoms with Crippen molar-refractivity contribution in [2.24, 2.45) is 0 Å². The summed E-state index contributed by atoms with van der Waals surface area (Å²) in [6.07, 6.45) is 1.22. The van der Waals surface area contributed by atoms with Gasteiger partial charge in [-0.15, -0.1) is 0 Å². The van der Waals surface area contributed by atoms with Crippen LogP contribution >= 0.6 is 0 Å². The molecule has 1 aromatic heterocycles. The molecule has 0 saturated carbocycles. The molecule has 1 aliphatic heterocycles. The molecule has 0 radical (unpaired) electrons. The highest BCUT2D eigenvalue weighted by molar-refractivity contribution is 5.71. The molecule has 1 aliphatic rings. The van der Waals surface area contributed by atoms with Crippen molar-refractivity contribution >= 4 is 6.09 Å². The van der Waals surface area contributed by atoms with E-state index >= 15 is 0 Å². The maximum Gasteiger partial charge on any atom is 0.415 e. The van der Waals surface area contributed by atoms with E-state index in [-0.39, 0.29) is 6.09 Å². The van der Waals surface area contributed by atoms with E-state index in [0.29, 0.717) is 24.7 Å². The van der Waals surface area contributed by atoms with E-state index in [1.807, 2.05) is 0 Å². The molecule has 1 saturated heterocycles. The van der Waals surface area contributed by atoms with Crippen LogP contribution in [-0.4, -0.2) is 49.3 Å². The van der Waals surface area contributed by atoms with Crippen molar-refractivity contribution in [3.63, 3.8) is 0 Å². The molecule has 17 heavy (non-hydrogen) atoms. The number of carbonyl (C=O) groups is 1. The van der Waals surface area contributed by atoms with E-state index in [9.17, 15) is 4.79 Å². The maximum absolute atomic E-state index is 11.8. The highest BCUT2D eigenvalue weighted by Gasteiger charge is 2.19. The number of nitrogens with zero attached hydrogens (tertiary/aromatic N) is 2. The summed E-state index contributed by atoms with van der Waals surface area (Å²) >= 11 is 0. The first-order chi connectivity index (χ1) is 8.31. The number of hydrogen-bond donors (Lipinski definition) is 1. The second-order valence-electron chi connectivity index (χ2n) is 3.62. The van der Waals surface area contributed by atoms with E-state index in [0.717, 1.165) is 13.1 Å². The lowest BCUT2D eigenvalue weighted by Gasteiger charge is -2.26. The summed E-state index contributed by atoms with van der Waals surface area (Å²) in [6, 6.07) is 3.36. The van der Waals surface area contributed by atoms with Gasteiger partial charge in [0, 0.05) is 32.4 Å². The summed E-state index contributed by atoms with van der Waals surface area (Å²) in [6.45, 7) is 2.89. The summed E-state index contributed by atoms with van der Waals surface area (Å²) in [7, 11) is 1.49. The van der Waals surface area contributed by atoms with Gasteiger partial charge in [0.05, 0.1) is 7.11 Å². The van der Waals surface area contributed by atoms with Crippen molar-refractivity contribution in [2.45, 2.75) is 0 Å². The molecule has 1 N–H and O–H groups in total. The van der Waals surface area contributed by atoms with Gasteiger partial charge in [-0.2, -0.15) is 0 Å². The number of ether oxygens (including phenoxy) is 2. The van der Waals surface area contributed by atoms with Crippen LogP contribution in [0.1, 0.15) is 0 Å². The number of amides is 1. The number of pyridine rings is 1. The second-order valence-corrected chi connectivity index (χ2v) is 3.62. The Hall–Kier alpha value is -1.82. The molecular weight excluding hydrogens is 222 g/mol. The minimum atomic E-state index is -0.363. The molecule has 0 unspecified atom stereocenters. The Morgan fingerprint density at radius 1 is 1.47 bits per heavy atom. The van der Waals surface area contributed by atoms with Crippen LogP contribution in [0.25, 0.3) is 0 Å². The summed E-state index contributed by atoms with van der Waals surface area (Å²) < 4.78 is 10.3. The molecule has 1 aromatic rings. The third-order valence-electron chi connectivity index (χ3n) is 2.50. The fourth-order valence-electron chi connectivity index (χ4n) is 1.61. The van der Waals surface area contributed by atoms with Crippen LogP contribution in [-0.2, 0) is 0 Å². The largest absolute Gasteiger partial charge is 0.478 e. The third kappa shape index (κ3) is 2.85. The van der Waals surface area contributed by atoms with Crippen molar-refractivity contribution in [3.8, 4) is 11.6 Å². The molecule has 1 amide bonds. The Morgan fingerprint density at radius 3 is 2.94 bits per heavy atom. The van der Waals surface area contributed by atoms with Crippen molar-refractivity contribution in [2.75, 3.05) is 33.3 Å². The quantitative estimate of drug-likeness (QED) is 0.811.